The Morgan fingerprint density at radius 3 is 3.00 bits per heavy atom. The molecule has 0 saturated carbocycles. The van der Waals surface area contributed by atoms with E-state index in [9.17, 15) is 0 Å². The molecular weight excluding hydrogens is 261 g/mol. The van der Waals surface area contributed by atoms with Gasteiger partial charge in [0, 0.05) is 22.1 Å². The van der Waals surface area contributed by atoms with Gasteiger partial charge >= 0.3 is 0 Å². The average Bonchev–Trinajstić information content (AvgIpc) is 2.19. The smallest absolute Gasteiger partial charge is 0.0451 e. The molecule has 1 aromatic rings. The van der Waals surface area contributed by atoms with Crippen LogP contribution in [0.2, 0.25) is 5.02 Å². The molecule has 1 unspecified atom stereocenters. The van der Waals surface area contributed by atoms with Crippen LogP contribution < -0.4 is 5.32 Å². The van der Waals surface area contributed by atoms with Crippen molar-refractivity contribution in [1.82, 2.24) is 5.32 Å². The lowest BCUT2D eigenvalue weighted by molar-refractivity contribution is 0.634. The molecule has 0 bridgehead atoms. The van der Waals surface area contributed by atoms with Gasteiger partial charge in [0.1, 0.15) is 0 Å². The van der Waals surface area contributed by atoms with Gasteiger partial charge in [0.05, 0.1) is 0 Å². The van der Waals surface area contributed by atoms with Gasteiger partial charge < -0.3 is 5.32 Å². The highest BCUT2D eigenvalue weighted by atomic mass is 79.9. The van der Waals surface area contributed by atoms with Crippen LogP contribution in [0.3, 0.4) is 0 Å². The van der Waals surface area contributed by atoms with Crippen molar-refractivity contribution in [3.63, 3.8) is 0 Å². The predicted octanol–water partition coefficient (Wildman–Crippen LogP) is 3.77. The summed E-state index contributed by atoms with van der Waals surface area (Å²) in [5.41, 5.74) is 1.09. The van der Waals surface area contributed by atoms with Crippen LogP contribution in [-0.2, 0) is 6.54 Å². The van der Waals surface area contributed by atoms with Crippen LogP contribution in [0.25, 0.3) is 0 Å². The van der Waals surface area contributed by atoms with Crippen molar-refractivity contribution in [2.45, 2.75) is 19.5 Å². The van der Waals surface area contributed by atoms with Gasteiger partial charge in [-0.3, -0.25) is 0 Å². The molecule has 1 aromatic carbocycles. The van der Waals surface area contributed by atoms with Crippen molar-refractivity contribution in [2.75, 3.05) is 0 Å². The van der Waals surface area contributed by atoms with E-state index in [1.54, 1.807) is 0 Å². The summed E-state index contributed by atoms with van der Waals surface area (Å²) in [6, 6.07) is 6.14. The molecular formula is C11H13BrClN. The fourth-order valence-electron chi connectivity index (χ4n) is 1.03. The molecule has 1 N–H and O–H groups in total. The number of rotatable bonds is 4. The number of hydrogen-bond acceptors (Lipinski definition) is 1. The Hall–Kier alpha value is -0.310. The summed E-state index contributed by atoms with van der Waals surface area (Å²) >= 11 is 9.45. The molecule has 0 aliphatic heterocycles. The Balaban J connectivity index is 2.66. The number of nitrogens with one attached hydrogen (secondary N) is 1. The van der Waals surface area contributed by atoms with Gasteiger partial charge in [0.15, 0.2) is 0 Å². The van der Waals surface area contributed by atoms with E-state index in [0.717, 1.165) is 21.6 Å². The van der Waals surface area contributed by atoms with E-state index in [1.165, 1.54) is 0 Å². The van der Waals surface area contributed by atoms with Gasteiger partial charge in [-0.25, -0.2) is 0 Å². The Morgan fingerprint density at radius 2 is 2.36 bits per heavy atom. The molecule has 3 heteroatoms. The summed E-state index contributed by atoms with van der Waals surface area (Å²) in [6.07, 6.45) is 1.87. The summed E-state index contributed by atoms with van der Waals surface area (Å²) in [5.74, 6) is 0. The first kappa shape index (κ1) is 11.8. The Morgan fingerprint density at radius 1 is 1.64 bits per heavy atom. The van der Waals surface area contributed by atoms with Crippen molar-refractivity contribution in [3.05, 3.63) is 45.9 Å². The standard InChI is InChI=1S/C11H13BrClN/c1-3-8(2)14-7-9-6-10(12)4-5-11(9)13/h3-6,8,14H,1,7H2,2H3. The lowest BCUT2D eigenvalue weighted by Crippen LogP contribution is -2.23. The zero-order valence-electron chi connectivity index (χ0n) is 8.06. The lowest BCUT2D eigenvalue weighted by atomic mass is 10.2. The van der Waals surface area contributed by atoms with Gasteiger partial charge in [0.2, 0.25) is 0 Å². The summed E-state index contributed by atoms with van der Waals surface area (Å²) in [4.78, 5) is 0. The predicted molar refractivity (Wildman–Crippen MR) is 65.7 cm³/mol. The maximum atomic E-state index is 6.04. The second-order valence-electron chi connectivity index (χ2n) is 3.14. The van der Waals surface area contributed by atoms with E-state index in [4.69, 9.17) is 11.6 Å². The van der Waals surface area contributed by atoms with E-state index in [-0.39, 0.29) is 0 Å². The molecule has 0 radical (unpaired) electrons. The Labute approximate surface area is 98.3 Å². The molecule has 1 rings (SSSR count). The summed E-state index contributed by atoms with van der Waals surface area (Å²) in [6.45, 7) is 6.52. The highest BCUT2D eigenvalue weighted by Crippen LogP contribution is 2.20. The summed E-state index contributed by atoms with van der Waals surface area (Å²) in [5, 5.41) is 4.08. The molecule has 0 spiro atoms. The fraction of sp³-hybridized carbons (Fsp3) is 0.273. The van der Waals surface area contributed by atoms with E-state index >= 15 is 0 Å². The van der Waals surface area contributed by atoms with Crippen LogP contribution in [0.5, 0.6) is 0 Å². The van der Waals surface area contributed by atoms with Crippen molar-refractivity contribution < 1.29 is 0 Å². The highest BCUT2D eigenvalue weighted by molar-refractivity contribution is 9.10. The maximum Gasteiger partial charge on any atom is 0.0451 e. The lowest BCUT2D eigenvalue weighted by Gasteiger charge is -2.10. The van der Waals surface area contributed by atoms with Crippen LogP contribution in [-0.4, -0.2) is 6.04 Å². The molecule has 0 aliphatic rings. The Bertz CT molecular complexity index is 325. The number of benzene rings is 1. The van der Waals surface area contributed by atoms with Crippen LogP contribution in [0.15, 0.2) is 35.3 Å². The van der Waals surface area contributed by atoms with Crippen LogP contribution in [0.1, 0.15) is 12.5 Å². The van der Waals surface area contributed by atoms with E-state index in [1.807, 2.05) is 24.3 Å². The van der Waals surface area contributed by atoms with E-state index in [2.05, 4.69) is 34.7 Å². The molecule has 14 heavy (non-hydrogen) atoms. The number of hydrogen-bond donors (Lipinski definition) is 1. The number of halogens is 2. The second kappa shape index (κ2) is 5.54. The maximum absolute atomic E-state index is 6.04. The van der Waals surface area contributed by atoms with Crippen LogP contribution in [0.4, 0.5) is 0 Å². The molecule has 76 valence electrons. The van der Waals surface area contributed by atoms with Crippen molar-refractivity contribution in [2.24, 2.45) is 0 Å². The fourth-order valence-corrected chi connectivity index (χ4v) is 1.63. The molecule has 0 aliphatic carbocycles. The zero-order chi connectivity index (χ0) is 10.6. The van der Waals surface area contributed by atoms with Crippen LogP contribution >= 0.6 is 27.5 Å². The highest BCUT2D eigenvalue weighted by Gasteiger charge is 2.02. The largest absolute Gasteiger partial charge is 0.307 e. The quantitative estimate of drug-likeness (QED) is 0.824. The third kappa shape index (κ3) is 3.45. The average molecular weight is 275 g/mol. The Kier molecular flexibility index (Phi) is 4.66. The van der Waals surface area contributed by atoms with E-state index in [0.29, 0.717) is 6.04 Å². The zero-order valence-corrected chi connectivity index (χ0v) is 10.4. The summed E-state index contributed by atoms with van der Waals surface area (Å²) in [7, 11) is 0. The first-order valence-electron chi connectivity index (χ1n) is 4.43. The van der Waals surface area contributed by atoms with Crippen LogP contribution in [0, 0.1) is 0 Å². The molecule has 0 heterocycles. The second-order valence-corrected chi connectivity index (χ2v) is 4.46. The third-order valence-electron chi connectivity index (χ3n) is 1.98. The minimum Gasteiger partial charge on any atom is -0.307 e. The minimum absolute atomic E-state index is 0.296. The van der Waals surface area contributed by atoms with Crippen molar-refractivity contribution in [1.29, 1.82) is 0 Å². The van der Waals surface area contributed by atoms with Crippen molar-refractivity contribution in [3.8, 4) is 0 Å². The third-order valence-corrected chi connectivity index (χ3v) is 2.84. The van der Waals surface area contributed by atoms with Gasteiger partial charge in [-0.1, -0.05) is 33.6 Å². The molecule has 0 saturated heterocycles. The molecule has 1 atom stereocenters. The summed E-state index contributed by atoms with van der Waals surface area (Å²) < 4.78 is 1.05. The van der Waals surface area contributed by atoms with Gasteiger partial charge in [0.25, 0.3) is 0 Å². The van der Waals surface area contributed by atoms with Gasteiger partial charge in [-0.2, -0.15) is 0 Å². The van der Waals surface area contributed by atoms with Gasteiger partial charge in [-0.05, 0) is 30.7 Å². The molecule has 0 amide bonds. The first-order chi connectivity index (χ1) is 6.63. The monoisotopic (exact) mass is 273 g/mol. The molecule has 1 nitrogen and oxygen atoms in total. The SMILES string of the molecule is C=CC(C)NCc1cc(Br)ccc1Cl. The normalized spacial score (nSPS) is 12.5. The minimum atomic E-state index is 0.296. The van der Waals surface area contributed by atoms with Gasteiger partial charge in [-0.15, -0.1) is 6.58 Å². The molecule has 0 aromatic heterocycles. The molecule has 0 fully saturated rings. The van der Waals surface area contributed by atoms with Crippen molar-refractivity contribution >= 4 is 27.5 Å². The first-order valence-corrected chi connectivity index (χ1v) is 5.60. The topological polar surface area (TPSA) is 12.0 Å². The van der Waals surface area contributed by atoms with E-state index < -0.39 is 0 Å².